The molecule has 0 bridgehead atoms. The van der Waals surface area contributed by atoms with Crippen molar-refractivity contribution in [3.8, 4) is 11.5 Å². The summed E-state index contributed by atoms with van der Waals surface area (Å²) in [5, 5.41) is 0.331. The van der Waals surface area contributed by atoms with Crippen molar-refractivity contribution in [2.24, 2.45) is 5.41 Å². The second-order valence-electron chi connectivity index (χ2n) is 4.73. The van der Waals surface area contributed by atoms with Crippen molar-refractivity contribution in [2.45, 2.75) is 27.2 Å². The molecular formula is C14H19ClO3. The molecule has 100 valence electrons. The SMILES string of the molecule is CCC(C)(C)C(=O)c1ccc(OC)c(Cl)c1OC. The van der Waals surface area contributed by atoms with Gasteiger partial charge >= 0.3 is 0 Å². The summed E-state index contributed by atoms with van der Waals surface area (Å²) in [5.41, 5.74) is 0.0562. The molecule has 3 nitrogen and oxygen atoms in total. The minimum Gasteiger partial charge on any atom is -0.495 e. The molecule has 0 aliphatic heterocycles. The van der Waals surface area contributed by atoms with Crippen molar-refractivity contribution in [2.75, 3.05) is 14.2 Å². The Bertz CT molecular complexity index is 453. The quantitative estimate of drug-likeness (QED) is 0.760. The molecule has 0 fully saturated rings. The fourth-order valence-electron chi connectivity index (χ4n) is 1.60. The minimum absolute atomic E-state index is 0.0198. The third kappa shape index (κ3) is 2.61. The number of Topliss-reactive ketones (excluding diaryl/α,β-unsaturated/α-hetero) is 1. The molecule has 0 atom stereocenters. The van der Waals surface area contributed by atoms with Crippen LogP contribution in [0.15, 0.2) is 12.1 Å². The van der Waals surface area contributed by atoms with Gasteiger partial charge in [-0.3, -0.25) is 4.79 Å². The molecule has 0 N–H and O–H groups in total. The van der Waals surface area contributed by atoms with Gasteiger partial charge in [0.1, 0.15) is 10.8 Å². The van der Waals surface area contributed by atoms with Gasteiger partial charge in [-0.15, -0.1) is 0 Å². The van der Waals surface area contributed by atoms with Gasteiger partial charge in [-0.2, -0.15) is 0 Å². The first-order valence-electron chi connectivity index (χ1n) is 5.84. The normalized spacial score (nSPS) is 11.2. The van der Waals surface area contributed by atoms with E-state index in [9.17, 15) is 4.79 Å². The van der Waals surface area contributed by atoms with E-state index in [1.807, 2.05) is 20.8 Å². The first-order chi connectivity index (χ1) is 8.38. The number of ether oxygens (including phenoxy) is 2. The summed E-state index contributed by atoms with van der Waals surface area (Å²) in [7, 11) is 3.02. The maximum atomic E-state index is 12.4. The van der Waals surface area contributed by atoms with Crippen molar-refractivity contribution < 1.29 is 14.3 Å². The molecule has 18 heavy (non-hydrogen) atoms. The lowest BCUT2D eigenvalue weighted by Crippen LogP contribution is -2.24. The lowest BCUT2D eigenvalue weighted by atomic mass is 9.81. The number of halogens is 1. The van der Waals surface area contributed by atoms with Crippen LogP contribution in [0.2, 0.25) is 5.02 Å². The van der Waals surface area contributed by atoms with Gasteiger partial charge in [-0.25, -0.2) is 0 Å². The Morgan fingerprint density at radius 3 is 2.33 bits per heavy atom. The van der Waals surface area contributed by atoms with E-state index in [0.29, 0.717) is 22.1 Å². The number of hydrogen-bond donors (Lipinski definition) is 0. The number of hydrogen-bond acceptors (Lipinski definition) is 3. The highest BCUT2D eigenvalue weighted by Crippen LogP contribution is 2.39. The summed E-state index contributed by atoms with van der Waals surface area (Å²) in [6, 6.07) is 3.38. The zero-order valence-electron chi connectivity index (χ0n) is 11.5. The Balaban J connectivity index is 3.34. The van der Waals surface area contributed by atoms with Crippen LogP contribution in [-0.2, 0) is 0 Å². The van der Waals surface area contributed by atoms with Crippen LogP contribution in [0.4, 0.5) is 0 Å². The average Bonchev–Trinajstić information content (AvgIpc) is 2.37. The lowest BCUT2D eigenvalue weighted by Gasteiger charge is -2.22. The molecule has 0 spiro atoms. The van der Waals surface area contributed by atoms with Crippen molar-refractivity contribution in [1.82, 2.24) is 0 Å². The van der Waals surface area contributed by atoms with Crippen LogP contribution in [-0.4, -0.2) is 20.0 Å². The summed E-state index contributed by atoms with van der Waals surface area (Å²) in [4.78, 5) is 12.4. The average molecular weight is 271 g/mol. The van der Waals surface area contributed by atoms with Gasteiger partial charge in [-0.1, -0.05) is 32.4 Å². The molecule has 1 aromatic rings. The van der Waals surface area contributed by atoms with Crippen molar-refractivity contribution in [3.05, 3.63) is 22.7 Å². The second kappa shape index (κ2) is 5.61. The van der Waals surface area contributed by atoms with Crippen LogP contribution in [0.3, 0.4) is 0 Å². The topological polar surface area (TPSA) is 35.5 Å². The van der Waals surface area contributed by atoms with Gasteiger partial charge < -0.3 is 9.47 Å². The number of benzene rings is 1. The molecular weight excluding hydrogens is 252 g/mol. The van der Waals surface area contributed by atoms with Crippen molar-refractivity contribution in [1.29, 1.82) is 0 Å². The van der Waals surface area contributed by atoms with Crippen LogP contribution in [0.5, 0.6) is 11.5 Å². The van der Waals surface area contributed by atoms with Gasteiger partial charge in [-0.05, 0) is 18.6 Å². The molecule has 0 saturated carbocycles. The Morgan fingerprint density at radius 1 is 1.28 bits per heavy atom. The van der Waals surface area contributed by atoms with Crippen molar-refractivity contribution >= 4 is 17.4 Å². The van der Waals surface area contributed by atoms with E-state index in [2.05, 4.69) is 0 Å². The summed E-state index contributed by atoms with van der Waals surface area (Å²) in [5.74, 6) is 0.897. The Kier molecular flexibility index (Phi) is 4.63. The highest BCUT2D eigenvalue weighted by Gasteiger charge is 2.30. The third-order valence-electron chi connectivity index (χ3n) is 3.23. The maximum absolute atomic E-state index is 12.4. The first-order valence-corrected chi connectivity index (χ1v) is 6.22. The molecule has 1 aromatic carbocycles. The van der Waals surface area contributed by atoms with E-state index in [4.69, 9.17) is 21.1 Å². The second-order valence-corrected chi connectivity index (χ2v) is 5.11. The molecule has 1 rings (SSSR count). The van der Waals surface area contributed by atoms with Gasteiger partial charge in [0.2, 0.25) is 0 Å². The van der Waals surface area contributed by atoms with Crippen LogP contribution in [0.25, 0.3) is 0 Å². The summed E-state index contributed by atoms with van der Waals surface area (Å²) in [6.45, 7) is 5.80. The molecule has 0 radical (unpaired) electrons. The van der Waals surface area contributed by atoms with E-state index in [1.54, 1.807) is 12.1 Å². The Labute approximate surface area is 113 Å². The zero-order chi connectivity index (χ0) is 13.9. The molecule has 0 amide bonds. The van der Waals surface area contributed by atoms with Gasteiger partial charge in [0, 0.05) is 5.41 Å². The van der Waals surface area contributed by atoms with Gasteiger partial charge in [0.15, 0.2) is 11.5 Å². The number of rotatable bonds is 5. The van der Waals surface area contributed by atoms with E-state index >= 15 is 0 Å². The van der Waals surface area contributed by atoms with E-state index < -0.39 is 5.41 Å². The monoisotopic (exact) mass is 270 g/mol. The highest BCUT2D eigenvalue weighted by atomic mass is 35.5. The number of ketones is 1. The first kappa shape index (κ1) is 14.8. The predicted octanol–water partition coefficient (Wildman–Crippen LogP) is 3.98. The number of carbonyl (C=O) groups is 1. The van der Waals surface area contributed by atoms with E-state index in [1.165, 1.54) is 14.2 Å². The standard InChI is InChI=1S/C14H19ClO3/c1-6-14(2,3)13(16)9-7-8-10(17-4)11(15)12(9)18-5/h7-8H,6H2,1-5H3. The fourth-order valence-corrected chi connectivity index (χ4v) is 1.92. The minimum atomic E-state index is -0.439. The third-order valence-corrected chi connectivity index (χ3v) is 3.59. The summed E-state index contributed by atoms with van der Waals surface area (Å²) < 4.78 is 10.4. The molecule has 0 aromatic heterocycles. The molecule has 0 aliphatic carbocycles. The number of carbonyl (C=O) groups excluding carboxylic acids is 1. The molecule has 0 saturated heterocycles. The smallest absolute Gasteiger partial charge is 0.172 e. The van der Waals surface area contributed by atoms with E-state index in [-0.39, 0.29) is 5.78 Å². The predicted molar refractivity (Wildman–Crippen MR) is 73.0 cm³/mol. The Hall–Kier alpha value is -1.22. The van der Waals surface area contributed by atoms with Crippen LogP contribution in [0, 0.1) is 5.41 Å². The van der Waals surface area contributed by atoms with Gasteiger partial charge in [0.25, 0.3) is 0 Å². The fraction of sp³-hybridized carbons (Fsp3) is 0.500. The highest BCUT2D eigenvalue weighted by molar-refractivity contribution is 6.34. The molecule has 0 aliphatic rings. The lowest BCUT2D eigenvalue weighted by molar-refractivity contribution is 0.0829. The van der Waals surface area contributed by atoms with Crippen molar-refractivity contribution in [3.63, 3.8) is 0 Å². The van der Waals surface area contributed by atoms with Gasteiger partial charge in [0.05, 0.1) is 19.8 Å². The summed E-state index contributed by atoms with van der Waals surface area (Å²) in [6.07, 6.45) is 0.749. The zero-order valence-corrected chi connectivity index (χ0v) is 12.2. The maximum Gasteiger partial charge on any atom is 0.172 e. The molecule has 4 heteroatoms. The molecule has 0 unspecified atom stereocenters. The molecule has 0 heterocycles. The van der Waals surface area contributed by atoms with Crippen LogP contribution >= 0.6 is 11.6 Å². The number of methoxy groups -OCH3 is 2. The summed E-state index contributed by atoms with van der Waals surface area (Å²) >= 11 is 6.15. The van der Waals surface area contributed by atoms with E-state index in [0.717, 1.165) is 6.42 Å². The van der Waals surface area contributed by atoms with Crippen LogP contribution in [0.1, 0.15) is 37.6 Å². The largest absolute Gasteiger partial charge is 0.495 e. The van der Waals surface area contributed by atoms with Crippen LogP contribution < -0.4 is 9.47 Å². The Morgan fingerprint density at radius 2 is 1.89 bits per heavy atom.